The van der Waals surface area contributed by atoms with Gasteiger partial charge in [0.25, 0.3) is 5.91 Å². The number of anilines is 1. The van der Waals surface area contributed by atoms with Gasteiger partial charge in [-0.25, -0.2) is 9.82 Å². The number of halogens is 3. The minimum atomic E-state index is -0.459. The van der Waals surface area contributed by atoms with E-state index in [9.17, 15) is 14.0 Å². The van der Waals surface area contributed by atoms with Crippen molar-refractivity contribution in [3.05, 3.63) is 82.1 Å². The maximum atomic E-state index is 13.0. The standard InChI is InChI=1S/C24H20Cl2FN3O4S/c1-33-21-11-15(12-28-30-23(32)14-35-19-8-2-16(25)3-9-19)10-20(26)24(21)34-13-22(31)29-18-6-4-17(27)5-7-18/h2-12H,13-14H2,1H3,(H,29,31)(H,30,32)/b28-12-. The summed E-state index contributed by atoms with van der Waals surface area (Å²) >= 11 is 13.5. The van der Waals surface area contributed by atoms with Gasteiger partial charge in [-0.15, -0.1) is 11.8 Å². The van der Waals surface area contributed by atoms with Gasteiger partial charge >= 0.3 is 0 Å². The van der Waals surface area contributed by atoms with E-state index in [2.05, 4.69) is 15.8 Å². The molecule has 0 aliphatic heterocycles. The van der Waals surface area contributed by atoms with Gasteiger partial charge in [0.15, 0.2) is 18.1 Å². The van der Waals surface area contributed by atoms with E-state index in [1.165, 1.54) is 49.4 Å². The van der Waals surface area contributed by atoms with Crippen LogP contribution in [0.25, 0.3) is 0 Å². The molecule has 11 heteroatoms. The van der Waals surface area contributed by atoms with Crippen molar-refractivity contribution in [2.24, 2.45) is 5.10 Å². The van der Waals surface area contributed by atoms with E-state index >= 15 is 0 Å². The number of carbonyl (C=O) groups is 2. The van der Waals surface area contributed by atoms with Gasteiger partial charge < -0.3 is 14.8 Å². The molecule has 0 saturated heterocycles. The second-order valence-electron chi connectivity index (χ2n) is 6.91. The molecule has 0 heterocycles. The molecule has 0 saturated carbocycles. The quantitative estimate of drug-likeness (QED) is 0.206. The van der Waals surface area contributed by atoms with Crippen LogP contribution in [0.2, 0.25) is 10.0 Å². The molecular weight excluding hydrogens is 516 g/mol. The van der Waals surface area contributed by atoms with E-state index in [-0.39, 0.29) is 34.8 Å². The van der Waals surface area contributed by atoms with Crippen LogP contribution in [-0.4, -0.2) is 37.5 Å². The first kappa shape index (κ1) is 26.3. The third-order valence-corrected chi connectivity index (χ3v) is 5.86. The Hall–Kier alpha value is -3.27. The summed E-state index contributed by atoms with van der Waals surface area (Å²) in [5.41, 5.74) is 3.41. The molecule has 3 aromatic carbocycles. The Morgan fingerprint density at radius 1 is 1.06 bits per heavy atom. The normalized spacial score (nSPS) is 10.7. The first-order valence-electron chi connectivity index (χ1n) is 10.1. The van der Waals surface area contributed by atoms with Crippen molar-refractivity contribution >= 4 is 58.7 Å². The highest BCUT2D eigenvalue weighted by Gasteiger charge is 2.14. The number of rotatable bonds is 10. The lowest BCUT2D eigenvalue weighted by atomic mass is 10.2. The van der Waals surface area contributed by atoms with Crippen LogP contribution in [0.3, 0.4) is 0 Å². The molecule has 7 nitrogen and oxygen atoms in total. The van der Waals surface area contributed by atoms with Crippen molar-refractivity contribution in [2.75, 3.05) is 24.8 Å². The number of nitrogens with one attached hydrogen (secondary N) is 2. The molecule has 0 unspecified atom stereocenters. The second-order valence-corrected chi connectivity index (χ2v) is 8.81. The summed E-state index contributed by atoms with van der Waals surface area (Å²) in [4.78, 5) is 25.1. The van der Waals surface area contributed by atoms with E-state index in [1.807, 2.05) is 12.1 Å². The Morgan fingerprint density at radius 3 is 2.46 bits per heavy atom. The predicted octanol–water partition coefficient (Wildman–Crippen LogP) is 5.40. The van der Waals surface area contributed by atoms with Gasteiger partial charge in [0.2, 0.25) is 5.91 Å². The fourth-order valence-electron chi connectivity index (χ4n) is 2.71. The van der Waals surface area contributed by atoms with Gasteiger partial charge in [-0.3, -0.25) is 9.59 Å². The van der Waals surface area contributed by atoms with Crippen molar-refractivity contribution < 1.29 is 23.5 Å². The zero-order chi connectivity index (χ0) is 25.2. The van der Waals surface area contributed by atoms with E-state index in [0.717, 1.165) is 4.90 Å². The molecule has 2 N–H and O–H groups in total. The Balaban J connectivity index is 1.53. The summed E-state index contributed by atoms with van der Waals surface area (Å²) < 4.78 is 23.8. The van der Waals surface area contributed by atoms with Crippen LogP contribution >= 0.6 is 35.0 Å². The molecule has 0 aliphatic rings. The van der Waals surface area contributed by atoms with Crippen LogP contribution < -0.4 is 20.2 Å². The molecule has 0 atom stereocenters. The zero-order valence-corrected chi connectivity index (χ0v) is 20.7. The molecule has 0 fully saturated rings. The fraction of sp³-hybridized carbons (Fsp3) is 0.125. The summed E-state index contributed by atoms with van der Waals surface area (Å²) in [5, 5.41) is 7.33. The minimum Gasteiger partial charge on any atom is -0.493 e. The molecular formula is C24H20Cl2FN3O4S. The Labute approximate surface area is 215 Å². The van der Waals surface area contributed by atoms with Crippen molar-refractivity contribution in [2.45, 2.75) is 4.90 Å². The third kappa shape index (κ3) is 8.47. The van der Waals surface area contributed by atoms with Gasteiger partial charge in [-0.05, 0) is 66.2 Å². The Morgan fingerprint density at radius 2 is 1.77 bits per heavy atom. The van der Waals surface area contributed by atoms with Crippen LogP contribution in [0.5, 0.6) is 11.5 Å². The molecule has 3 aromatic rings. The van der Waals surface area contributed by atoms with Crippen molar-refractivity contribution in [3.8, 4) is 11.5 Å². The number of benzene rings is 3. The largest absolute Gasteiger partial charge is 0.493 e. The van der Waals surface area contributed by atoms with E-state index in [4.69, 9.17) is 32.7 Å². The summed E-state index contributed by atoms with van der Waals surface area (Å²) in [5.74, 6) is -0.528. The smallest absolute Gasteiger partial charge is 0.262 e. The number of carbonyl (C=O) groups excluding carboxylic acids is 2. The van der Waals surface area contributed by atoms with Crippen molar-refractivity contribution in [1.82, 2.24) is 5.43 Å². The number of nitrogens with zero attached hydrogens (tertiary/aromatic N) is 1. The van der Waals surface area contributed by atoms with Crippen LogP contribution in [0.15, 0.2) is 70.7 Å². The highest BCUT2D eigenvalue weighted by atomic mass is 35.5. The molecule has 0 bridgehead atoms. The molecule has 0 spiro atoms. The number of ether oxygens (including phenoxy) is 2. The lowest BCUT2D eigenvalue weighted by Gasteiger charge is -2.13. The van der Waals surface area contributed by atoms with Crippen LogP contribution in [0.4, 0.5) is 10.1 Å². The lowest BCUT2D eigenvalue weighted by molar-refractivity contribution is -0.119. The van der Waals surface area contributed by atoms with E-state index in [0.29, 0.717) is 16.3 Å². The van der Waals surface area contributed by atoms with Crippen molar-refractivity contribution in [3.63, 3.8) is 0 Å². The maximum Gasteiger partial charge on any atom is 0.262 e. The number of amides is 2. The summed E-state index contributed by atoms with van der Waals surface area (Å²) in [7, 11) is 1.42. The van der Waals surface area contributed by atoms with Crippen LogP contribution in [-0.2, 0) is 9.59 Å². The molecule has 2 amide bonds. The van der Waals surface area contributed by atoms with E-state index in [1.54, 1.807) is 24.3 Å². The first-order valence-corrected chi connectivity index (χ1v) is 11.8. The van der Waals surface area contributed by atoms with Crippen molar-refractivity contribution in [1.29, 1.82) is 0 Å². The molecule has 0 radical (unpaired) electrons. The summed E-state index contributed by atoms with van der Waals surface area (Å²) in [6.07, 6.45) is 1.41. The second kappa shape index (κ2) is 13.0. The Kier molecular flexibility index (Phi) is 9.77. The first-order chi connectivity index (χ1) is 16.8. The summed E-state index contributed by atoms with van der Waals surface area (Å²) in [6.45, 7) is -0.345. The average molecular weight is 536 g/mol. The van der Waals surface area contributed by atoms with Crippen LogP contribution in [0.1, 0.15) is 5.56 Å². The fourth-order valence-corrected chi connectivity index (χ4v) is 3.80. The number of hydrogen-bond donors (Lipinski definition) is 2. The highest BCUT2D eigenvalue weighted by Crippen LogP contribution is 2.36. The summed E-state index contributed by atoms with van der Waals surface area (Å²) in [6, 6.07) is 15.6. The van der Waals surface area contributed by atoms with Gasteiger partial charge in [-0.1, -0.05) is 23.2 Å². The van der Waals surface area contributed by atoms with Gasteiger partial charge in [0.05, 0.1) is 24.1 Å². The monoisotopic (exact) mass is 535 g/mol. The number of hydrazone groups is 1. The highest BCUT2D eigenvalue weighted by molar-refractivity contribution is 8.00. The third-order valence-electron chi connectivity index (χ3n) is 4.31. The lowest BCUT2D eigenvalue weighted by Crippen LogP contribution is -2.20. The van der Waals surface area contributed by atoms with E-state index < -0.39 is 11.7 Å². The SMILES string of the molecule is COc1cc(/C=N\NC(=O)CSc2ccc(Cl)cc2)cc(Cl)c1OCC(=O)Nc1ccc(F)cc1. The Bertz CT molecular complexity index is 1210. The molecule has 35 heavy (non-hydrogen) atoms. The molecule has 3 rings (SSSR count). The molecule has 182 valence electrons. The molecule has 0 aliphatic carbocycles. The number of methoxy groups -OCH3 is 1. The van der Waals surface area contributed by atoms with Gasteiger partial charge in [0, 0.05) is 15.6 Å². The van der Waals surface area contributed by atoms with Crippen LogP contribution in [0, 0.1) is 5.82 Å². The van der Waals surface area contributed by atoms with Gasteiger partial charge in [0.1, 0.15) is 5.82 Å². The number of thioether (sulfide) groups is 1. The van der Waals surface area contributed by atoms with Gasteiger partial charge in [-0.2, -0.15) is 5.10 Å². The topological polar surface area (TPSA) is 89.0 Å². The number of hydrogen-bond acceptors (Lipinski definition) is 6. The predicted molar refractivity (Wildman–Crippen MR) is 136 cm³/mol. The maximum absolute atomic E-state index is 13.0. The molecule has 0 aromatic heterocycles. The zero-order valence-electron chi connectivity index (χ0n) is 18.4. The minimum absolute atomic E-state index is 0.170. The average Bonchev–Trinajstić information content (AvgIpc) is 2.84.